The molecule has 106 valence electrons. The van der Waals surface area contributed by atoms with Crippen molar-refractivity contribution in [2.24, 2.45) is 0 Å². The number of alkyl halides is 1. The Hall–Kier alpha value is -0.450. The van der Waals surface area contributed by atoms with E-state index in [1.807, 2.05) is 13.0 Å². The fourth-order valence-corrected chi connectivity index (χ4v) is 3.01. The van der Waals surface area contributed by atoms with E-state index in [0.29, 0.717) is 0 Å². The van der Waals surface area contributed by atoms with Gasteiger partial charge in [0.2, 0.25) is 0 Å². The van der Waals surface area contributed by atoms with Gasteiger partial charge in [-0.15, -0.1) is 0 Å². The second kappa shape index (κ2) is 5.90. The summed E-state index contributed by atoms with van der Waals surface area (Å²) in [5.41, 5.74) is 2.05. The third-order valence-electron chi connectivity index (χ3n) is 3.43. The lowest BCUT2D eigenvalue weighted by Gasteiger charge is -2.42. The van der Waals surface area contributed by atoms with Crippen LogP contribution in [0.1, 0.15) is 25.0 Å². The Balaban J connectivity index is 2.11. The molecular weight excluding hydrogens is 309 g/mol. The molecule has 1 aromatic carbocycles. The molecule has 1 aliphatic heterocycles. The Morgan fingerprint density at radius 2 is 2.21 bits per heavy atom. The molecule has 0 aliphatic carbocycles. The Morgan fingerprint density at radius 3 is 2.89 bits per heavy atom. The molecule has 1 saturated heterocycles. The van der Waals surface area contributed by atoms with Crippen LogP contribution in [0.25, 0.3) is 0 Å². The van der Waals surface area contributed by atoms with Crippen molar-refractivity contribution < 1.29 is 9.13 Å². The van der Waals surface area contributed by atoms with Crippen molar-refractivity contribution in [2.45, 2.75) is 39.0 Å². The van der Waals surface area contributed by atoms with Crippen LogP contribution in [0.2, 0.25) is 0 Å². The van der Waals surface area contributed by atoms with Crippen LogP contribution in [0.15, 0.2) is 18.2 Å². The standard InChI is InChI=1S/C15H21BrFNO/c1-11-4-5-13(17)6-12(11)8-18-9-14(7-16)19-15(2,3)10-18/h4-6,14H,7-10H2,1-3H3. The van der Waals surface area contributed by atoms with Gasteiger partial charge in [-0.2, -0.15) is 0 Å². The number of aryl methyl sites for hydroxylation is 1. The molecule has 0 radical (unpaired) electrons. The summed E-state index contributed by atoms with van der Waals surface area (Å²) in [6, 6.07) is 5.00. The van der Waals surface area contributed by atoms with Crippen LogP contribution in [-0.2, 0) is 11.3 Å². The summed E-state index contributed by atoms with van der Waals surface area (Å²) < 4.78 is 19.3. The lowest BCUT2D eigenvalue weighted by atomic mass is 10.0. The number of morpholine rings is 1. The van der Waals surface area contributed by atoms with Crippen molar-refractivity contribution in [3.05, 3.63) is 35.1 Å². The highest BCUT2D eigenvalue weighted by Gasteiger charge is 2.32. The quantitative estimate of drug-likeness (QED) is 0.787. The first kappa shape index (κ1) is 14.9. The molecule has 0 saturated carbocycles. The Kier molecular flexibility index (Phi) is 4.64. The number of benzene rings is 1. The minimum atomic E-state index is -0.162. The molecule has 0 amide bonds. The second-order valence-corrected chi connectivity index (χ2v) is 6.54. The zero-order valence-corrected chi connectivity index (χ0v) is 13.3. The Labute approximate surface area is 123 Å². The van der Waals surface area contributed by atoms with Crippen LogP contribution in [0, 0.1) is 12.7 Å². The van der Waals surface area contributed by atoms with Gasteiger partial charge >= 0.3 is 0 Å². The van der Waals surface area contributed by atoms with Gasteiger partial charge < -0.3 is 4.74 Å². The van der Waals surface area contributed by atoms with Gasteiger partial charge in [-0.25, -0.2) is 4.39 Å². The molecule has 2 nitrogen and oxygen atoms in total. The topological polar surface area (TPSA) is 12.5 Å². The molecule has 1 unspecified atom stereocenters. The van der Waals surface area contributed by atoms with Crippen molar-refractivity contribution in [2.75, 3.05) is 18.4 Å². The number of rotatable bonds is 3. The van der Waals surface area contributed by atoms with E-state index in [9.17, 15) is 4.39 Å². The van der Waals surface area contributed by atoms with E-state index < -0.39 is 0 Å². The molecule has 1 heterocycles. The lowest BCUT2D eigenvalue weighted by molar-refractivity contribution is -0.128. The Morgan fingerprint density at radius 1 is 1.47 bits per heavy atom. The monoisotopic (exact) mass is 329 g/mol. The van der Waals surface area contributed by atoms with Crippen LogP contribution < -0.4 is 0 Å². The summed E-state index contributed by atoms with van der Waals surface area (Å²) in [6.45, 7) is 8.76. The van der Waals surface area contributed by atoms with E-state index in [2.05, 4.69) is 34.7 Å². The molecule has 2 rings (SSSR count). The fourth-order valence-electron chi connectivity index (χ4n) is 2.67. The normalized spacial score (nSPS) is 23.5. The number of ether oxygens (including phenoxy) is 1. The highest BCUT2D eigenvalue weighted by Crippen LogP contribution is 2.24. The number of halogens is 2. The van der Waals surface area contributed by atoms with Crippen molar-refractivity contribution >= 4 is 15.9 Å². The molecule has 1 aliphatic rings. The third kappa shape index (κ3) is 4.01. The van der Waals surface area contributed by atoms with E-state index in [4.69, 9.17) is 4.74 Å². The summed E-state index contributed by atoms with van der Waals surface area (Å²) in [4.78, 5) is 2.34. The molecule has 0 N–H and O–H groups in total. The maximum atomic E-state index is 13.3. The second-order valence-electron chi connectivity index (χ2n) is 5.89. The predicted octanol–water partition coefficient (Wildman–Crippen LogP) is 3.51. The largest absolute Gasteiger partial charge is 0.369 e. The van der Waals surface area contributed by atoms with Gasteiger partial charge in [-0.3, -0.25) is 4.90 Å². The Bertz CT molecular complexity index is 450. The molecule has 1 aromatic rings. The maximum Gasteiger partial charge on any atom is 0.123 e. The fraction of sp³-hybridized carbons (Fsp3) is 0.600. The zero-order chi connectivity index (χ0) is 14.0. The molecule has 4 heteroatoms. The zero-order valence-electron chi connectivity index (χ0n) is 11.7. The van der Waals surface area contributed by atoms with Gasteiger partial charge in [-0.1, -0.05) is 22.0 Å². The summed E-state index contributed by atoms with van der Waals surface area (Å²) in [6.07, 6.45) is 0.192. The molecular formula is C15H21BrFNO. The third-order valence-corrected chi connectivity index (χ3v) is 4.15. The molecule has 0 aromatic heterocycles. The summed E-state index contributed by atoms with van der Waals surface area (Å²) in [5, 5.41) is 0.828. The smallest absolute Gasteiger partial charge is 0.123 e. The van der Waals surface area contributed by atoms with E-state index in [0.717, 1.165) is 36.1 Å². The highest BCUT2D eigenvalue weighted by molar-refractivity contribution is 9.09. The van der Waals surface area contributed by atoms with Crippen LogP contribution in [0.4, 0.5) is 4.39 Å². The number of nitrogens with zero attached hydrogens (tertiary/aromatic N) is 1. The van der Waals surface area contributed by atoms with Gasteiger partial charge in [0.05, 0.1) is 11.7 Å². The van der Waals surface area contributed by atoms with Gasteiger partial charge in [0.15, 0.2) is 0 Å². The van der Waals surface area contributed by atoms with Crippen LogP contribution >= 0.6 is 15.9 Å². The first-order chi connectivity index (χ1) is 8.89. The molecule has 19 heavy (non-hydrogen) atoms. The van der Waals surface area contributed by atoms with Crippen LogP contribution in [0.3, 0.4) is 0 Å². The van der Waals surface area contributed by atoms with Crippen molar-refractivity contribution in [1.82, 2.24) is 4.90 Å². The van der Waals surface area contributed by atoms with Gasteiger partial charge in [0.25, 0.3) is 0 Å². The average molecular weight is 330 g/mol. The van der Waals surface area contributed by atoms with E-state index >= 15 is 0 Å². The van der Waals surface area contributed by atoms with Gasteiger partial charge in [0.1, 0.15) is 5.82 Å². The first-order valence-electron chi connectivity index (χ1n) is 6.61. The van der Waals surface area contributed by atoms with Crippen LogP contribution in [-0.4, -0.2) is 35.0 Å². The van der Waals surface area contributed by atoms with Crippen molar-refractivity contribution in [3.63, 3.8) is 0 Å². The number of hydrogen-bond acceptors (Lipinski definition) is 2. The van der Waals surface area contributed by atoms with Crippen molar-refractivity contribution in [1.29, 1.82) is 0 Å². The average Bonchev–Trinajstić information content (AvgIpc) is 2.32. The summed E-state index contributed by atoms with van der Waals surface area (Å²) in [7, 11) is 0. The molecule has 1 atom stereocenters. The minimum Gasteiger partial charge on any atom is -0.369 e. The van der Waals surface area contributed by atoms with Crippen molar-refractivity contribution in [3.8, 4) is 0 Å². The predicted molar refractivity (Wildman–Crippen MR) is 79.2 cm³/mol. The molecule has 0 bridgehead atoms. The highest BCUT2D eigenvalue weighted by atomic mass is 79.9. The van der Waals surface area contributed by atoms with E-state index in [1.165, 1.54) is 6.07 Å². The first-order valence-corrected chi connectivity index (χ1v) is 7.73. The van der Waals surface area contributed by atoms with E-state index in [-0.39, 0.29) is 17.5 Å². The van der Waals surface area contributed by atoms with E-state index in [1.54, 1.807) is 6.07 Å². The van der Waals surface area contributed by atoms with Gasteiger partial charge in [0, 0.05) is 25.0 Å². The minimum absolute atomic E-state index is 0.155. The number of hydrogen-bond donors (Lipinski definition) is 0. The molecule has 0 spiro atoms. The lowest BCUT2D eigenvalue weighted by Crippen LogP contribution is -2.52. The van der Waals surface area contributed by atoms with Gasteiger partial charge in [-0.05, 0) is 44.0 Å². The summed E-state index contributed by atoms with van der Waals surface area (Å²) >= 11 is 3.49. The van der Waals surface area contributed by atoms with Crippen LogP contribution in [0.5, 0.6) is 0 Å². The molecule has 1 fully saturated rings. The maximum absolute atomic E-state index is 13.3. The summed E-state index contributed by atoms with van der Waals surface area (Å²) in [5.74, 6) is -0.162. The SMILES string of the molecule is Cc1ccc(F)cc1CN1CC(CBr)OC(C)(C)C1.